The molecule has 2 N–H and O–H groups in total. The molecule has 9 heteroatoms. The third kappa shape index (κ3) is 7.11. The number of amides is 1. The molecule has 1 heterocycles. The third-order valence-corrected chi connectivity index (χ3v) is 7.18. The minimum Gasteiger partial charge on any atom is -0.379 e. The van der Waals surface area contributed by atoms with Crippen molar-refractivity contribution in [3.05, 3.63) is 95.3 Å². The Hall–Kier alpha value is -3.27. The molecule has 0 unspecified atom stereocenters. The predicted octanol–water partition coefficient (Wildman–Crippen LogP) is 3.32. The summed E-state index contributed by atoms with van der Waals surface area (Å²) >= 11 is 0. The summed E-state index contributed by atoms with van der Waals surface area (Å²) in [7, 11) is -3.83. The average Bonchev–Trinajstić information content (AvgIpc) is 2.85. The van der Waals surface area contributed by atoms with Gasteiger partial charge >= 0.3 is 0 Å². The van der Waals surface area contributed by atoms with E-state index in [1.54, 1.807) is 24.3 Å². The maximum absolute atomic E-state index is 13.1. The van der Waals surface area contributed by atoms with Crippen LogP contribution in [0, 0.1) is 5.82 Å². The number of benzene rings is 3. The first-order valence-corrected chi connectivity index (χ1v) is 12.9. The molecular formula is C26H28FN3O4S. The summed E-state index contributed by atoms with van der Waals surface area (Å²) in [6.07, 6.45) is 0.177. The molecular weight excluding hydrogens is 469 g/mol. The molecule has 0 saturated carbocycles. The molecule has 1 fully saturated rings. The Labute approximate surface area is 205 Å². The van der Waals surface area contributed by atoms with Gasteiger partial charge in [0.2, 0.25) is 5.91 Å². The van der Waals surface area contributed by atoms with E-state index in [0.717, 1.165) is 56.1 Å². The fraction of sp³-hybridized carbons (Fsp3) is 0.269. The van der Waals surface area contributed by atoms with E-state index in [2.05, 4.69) is 21.0 Å². The summed E-state index contributed by atoms with van der Waals surface area (Å²) in [5, 5.41) is 2.98. The normalized spacial score (nSPS) is 14.4. The van der Waals surface area contributed by atoms with Gasteiger partial charge in [0.15, 0.2) is 0 Å². The monoisotopic (exact) mass is 497 g/mol. The zero-order valence-electron chi connectivity index (χ0n) is 19.2. The third-order valence-electron chi connectivity index (χ3n) is 5.79. The maximum Gasteiger partial charge on any atom is 0.261 e. The average molecular weight is 498 g/mol. The van der Waals surface area contributed by atoms with Crippen molar-refractivity contribution in [3.63, 3.8) is 0 Å². The molecule has 7 nitrogen and oxygen atoms in total. The number of hydrogen-bond donors (Lipinski definition) is 2. The second-order valence-electron chi connectivity index (χ2n) is 8.37. The van der Waals surface area contributed by atoms with E-state index in [1.807, 2.05) is 18.2 Å². The van der Waals surface area contributed by atoms with Gasteiger partial charge in [-0.05, 0) is 53.1 Å². The van der Waals surface area contributed by atoms with E-state index >= 15 is 0 Å². The molecule has 1 aliphatic rings. The molecule has 0 aliphatic carbocycles. The van der Waals surface area contributed by atoms with E-state index < -0.39 is 15.8 Å². The van der Waals surface area contributed by atoms with Crippen LogP contribution in [0.2, 0.25) is 0 Å². The van der Waals surface area contributed by atoms with Crippen molar-refractivity contribution in [1.82, 2.24) is 10.2 Å². The topological polar surface area (TPSA) is 87.7 Å². The van der Waals surface area contributed by atoms with Crippen molar-refractivity contribution in [1.29, 1.82) is 0 Å². The summed E-state index contributed by atoms with van der Waals surface area (Å²) in [6.45, 7) is 4.55. The van der Waals surface area contributed by atoms with Gasteiger partial charge in [-0.1, -0.05) is 36.4 Å². The van der Waals surface area contributed by atoms with Crippen LogP contribution in [0.3, 0.4) is 0 Å². The van der Waals surface area contributed by atoms with Crippen molar-refractivity contribution in [3.8, 4) is 0 Å². The number of rotatable bonds is 9. The molecule has 35 heavy (non-hydrogen) atoms. The molecule has 0 atom stereocenters. The molecule has 3 aromatic carbocycles. The Balaban J connectivity index is 1.30. The van der Waals surface area contributed by atoms with Crippen molar-refractivity contribution in [2.45, 2.75) is 24.4 Å². The number of sulfonamides is 1. The van der Waals surface area contributed by atoms with Gasteiger partial charge in [0, 0.05) is 31.9 Å². The molecule has 1 aliphatic heterocycles. The molecule has 3 aromatic rings. The minimum atomic E-state index is -3.83. The lowest BCUT2D eigenvalue weighted by Gasteiger charge is -2.27. The van der Waals surface area contributed by atoms with Crippen LogP contribution >= 0.6 is 0 Å². The first-order valence-electron chi connectivity index (χ1n) is 11.4. The fourth-order valence-corrected chi connectivity index (χ4v) is 4.90. The van der Waals surface area contributed by atoms with Crippen LogP contribution in [0.1, 0.15) is 16.7 Å². The Morgan fingerprint density at radius 3 is 2.26 bits per heavy atom. The van der Waals surface area contributed by atoms with Gasteiger partial charge in [0.05, 0.1) is 24.5 Å². The number of morpholine rings is 1. The summed E-state index contributed by atoms with van der Waals surface area (Å²) in [6, 6.07) is 19.3. The zero-order chi connectivity index (χ0) is 24.7. The second kappa shape index (κ2) is 11.4. The Kier molecular flexibility index (Phi) is 8.12. The number of nitrogens with one attached hydrogen (secondary N) is 2. The number of anilines is 1. The largest absolute Gasteiger partial charge is 0.379 e. The van der Waals surface area contributed by atoms with Crippen LogP contribution in [-0.4, -0.2) is 45.5 Å². The maximum atomic E-state index is 13.1. The minimum absolute atomic E-state index is 0.0312. The van der Waals surface area contributed by atoms with Gasteiger partial charge < -0.3 is 10.1 Å². The lowest BCUT2D eigenvalue weighted by molar-refractivity contribution is -0.120. The van der Waals surface area contributed by atoms with Gasteiger partial charge in [-0.3, -0.25) is 14.4 Å². The Morgan fingerprint density at radius 1 is 0.914 bits per heavy atom. The van der Waals surface area contributed by atoms with Gasteiger partial charge in [0.1, 0.15) is 5.82 Å². The number of hydrogen-bond acceptors (Lipinski definition) is 5. The van der Waals surface area contributed by atoms with Crippen LogP contribution in [-0.2, 0) is 39.1 Å². The lowest BCUT2D eigenvalue weighted by Crippen LogP contribution is -2.36. The van der Waals surface area contributed by atoms with Gasteiger partial charge in [-0.2, -0.15) is 0 Å². The van der Waals surface area contributed by atoms with Crippen molar-refractivity contribution in [2.24, 2.45) is 0 Å². The molecule has 184 valence electrons. The number of carbonyl (C=O) groups is 1. The molecule has 0 radical (unpaired) electrons. The first-order chi connectivity index (χ1) is 16.9. The van der Waals surface area contributed by atoms with Crippen LogP contribution in [0.25, 0.3) is 0 Å². The van der Waals surface area contributed by atoms with Crippen LogP contribution < -0.4 is 10.0 Å². The van der Waals surface area contributed by atoms with E-state index in [4.69, 9.17) is 4.74 Å². The van der Waals surface area contributed by atoms with Gasteiger partial charge in [-0.25, -0.2) is 12.8 Å². The van der Waals surface area contributed by atoms with Crippen LogP contribution in [0.4, 0.5) is 10.1 Å². The van der Waals surface area contributed by atoms with Crippen molar-refractivity contribution < 1.29 is 22.3 Å². The second-order valence-corrected chi connectivity index (χ2v) is 10.0. The highest BCUT2D eigenvalue weighted by Crippen LogP contribution is 2.18. The molecule has 0 aromatic heterocycles. The molecule has 1 saturated heterocycles. The highest BCUT2D eigenvalue weighted by molar-refractivity contribution is 7.92. The molecule has 0 spiro atoms. The van der Waals surface area contributed by atoms with E-state index in [9.17, 15) is 17.6 Å². The number of carbonyl (C=O) groups excluding carboxylic acids is 1. The number of nitrogens with zero attached hydrogens (tertiary/aromatic N) is 1. The fourth-order valence-electron chi connectivity index (χ4n) is 3.84. The van der Waals surface area contributed by atoms with Gasteiger partial charge in [-0.15, -0.1) is 0 Å². The Morgan fingerprint density at radius 2 is 1.57 bits per heavy atom. The Bertz CT molecular complexity index is 1240. The van der Waals surface area contributed by atoms with E-state index in [1.165, 1.54) is 17.7 Å². The van der Waals surface area contributed by atoms with Crippen LogP contribution in [0.5, 0.6) is 0 Å². The van der Waals surface area contributed by atoms with E-state index in [0.29, 0.717) is 12.2 Å². The molecule has 4 rings (SSSR count). The SMILES string of the molecule is O=C(Cc1ccc(NS(=O)(=O)c2ccc(F)cc2)cc1)NCc1ccccc1CN1CCOCC1. The summed E-state index contributed by atoms with van der Waals surface area (Å²) < 4.78 is 45.8. The molecule has 0 bridgehead atoms. The highest BCUT2D eigenvalue weighted by atomic mass is 32.2. The number of ether oxygens (including phenoxy) is 1. The van der Waals surface area contributed by atoms with E-state index in [-0.39, 0.29) is 17.2 Å². The standard InChI is InChI=1S/C26H28FN3O4S/c27-23-7-11-25(12-8-23)35(32,33)29-24-9-5-20(6-10-24)17-26(31)28-18-21-3-1-2-4-22(21)19-30-13-15-34-16-14-30/h1-12,29H,13-19H2,(H,28,31). The van der Waals surface area contributed by atoms with Crippen molar-refractivity contribution in [2.75, 3.05) is 31.0 Å². The lowest BCUT2D eigenvalue weighted by atomic mass is 10.1. The highest BCUT2D eigenvalue weighted by Gasteiger charge is 2.15. The predicted molar refractivity (Wildman–Crippen MR) is 132 cm³/mol. The smallest absolute Gasteiger partial charge is 0.261 e. The first kappa shape index (κ1) is 24.8. The quantitative estimate of drug-likeness (QED) is 0.474. The summed E-state index contributed by atoms with van der Waals surface area (Å²) in [5.74, 6) is -0.627. The zero-order valence-corrected chi connectivity index (χ0v) is 20.1. The van der Waals surface area contributed by atoms with Crippen molar-refractivity contribution >= 4 is 21.6 Å². The van der Waals surface area contributed by atoms with Gasteiger partial charge in [0.25, 0.3) is 10.0 Å². The van der Waals surface area contributed by atoms with Crippen LogP contribution in [0.15, 0.2) is 77.7 Å². The molecule has 1 amide bonds. The summed E-state index contributed by atoms with van der Waals surface area (Å²) in [5.41, 5.74) is 3.38. The number of halogens is 1. The summed E-state index contributed by atoms with van der Waals surface area (Å²) in [4.78, 5) is 14.8.